The Morgan fingerprint density at radius 1 is 1.00 bits per heavy atom. The van der Waals surface area contributed by atoms with E-state index >= 15 is 0 Å². The third-order valence-electron chi connectivity index (χ3n) is 7.99. The summed E-state index contributed by atoms with van der Waals surface area (Å²) in [5.74, 6) is 0.577. The zero-order valence-corrected chi connectivity index (χ0v) is 24.0. The van der Waals surface area contributed by atoms with Crippen molar-refractivity contribution in [2.24, 2.45) is 5.92 Å². The molecule has 2 aliphatic rings. The fourth-order valence-electron chi connectivity index (χ4n) is 5.71. The first kappa shape index (κ1) is 27.6. The van der Waals surface area contributed by atoms with Crippen LogP contribution in [-0.2, 0) is 10.0 Å². The van der Waals surface area contributed by atoms with Crippen molar-refractivity contribution in [2.45, 2.75) is 50.1 Å². The molecule has 5 rings (SSSR count). The third kappa shape index (κ3) is 5.69. The molecule has 8 heteroatoms. The summed E-state index contributed by atoms with van der Waals surface area (Å²) >= 11 is 0. The SMILES string of the molecule is CC(C)C[C@@H]1CN(c2ccccc2)c2cc(OCC3CCCN3C)c(-c3ccc(F)cc3)cc2S(=O)(=O)N1C. The first-order chi connectivity index (χ1) is 18.6. The average molecular weight is 552 g/mol. The topological polar surface area (TPSA) is 53.1 Å². The van der Waals surface area contributed by atoms with Crippen LogP contribution >= 0.6 is 0 Å². The highest BCUT2D eigenvalue weighted by molar-refractivity contribution is 7.89. The van der Waals surface area contributed by atoms with E-state index in [1.165, 1.54) is 16.4 Å². The number of hydrogen-bond donors (Lipinski definition) is 0. The van der Waals surface area contributed by atoms with E-state index in [4.69, 9.17) is 4.74 Å². The van der Waals surface area contributed by atoms with Gasteiger partial charge in [0.15, 0.2) is 0 Å². The molecule has 39 heavy (non-hydrogen) atoms. The van der Waals surface area contributed by atoms with Gasteiger partial charge in [0.05, 0.1) is 5.69 Å². The summed E-state index contributed by atoms with van der Waals surface area (Å²) in [5, 5.41) is 0. The smallest absolute Gasteiger partial charge is 0.245 e. The molecule has 3 aromatic carbocycles. The van der Waals surface area contributed by atoms with Crippen molar-refractivity contribution in [1.29, 1.82) is 0 Å². The molecule has 2 aliphatic heterocycles. The second kappa shape index (κ2) is 11.3. The van der Waals surface area contributed by atoms with Crippen LogP contribution < -0.4 is 9.64 Å². The number of anilines is 2. The predicted octanol–water partition coefficient (Wildman–Crippen LogP) is 6.15. The molecular weight excluding hydrogens is 513 g/mol. The van der Waals surface area contributed by atoms with Gasteiger partial charge in [-0.15, -0.1) is 0 Å². The second-order valence-electron chi connectivity index (χ2n) is 11.2. The first-order valence-electron chi connectivity index (χ1n) is 13.7. The molecule has 0 saturated carbocycles. The molecule has 0 N–H and O–H groups in total. The number of hydrogen-bond acceptors (Lipinski definition) is 5. The molecule has 1 saturated heterocycles. The van der Waals surface area contributed by atoms with E-state index in [1.54, 1.807) is 25.2 Å². The summed E-state index contributed by atoms with van der Waals surface area (Å²) in [6, 6.07) is 19.7. The molecule has 3 aromatic rings. The van der Waals surface area contributed by atoms with Crippen LogP contribution in [0.15, 0.2) is 71.6 Å². The Balaban J connectivity index is 1.69. The average Bonchev–Trinajstić information content (AvgIpc) is 3.31. The first-order valence-corrected chi connectivity index (χ1v) is 15.2. The Kier molecular flexibility index (Phi) is 7.99. The number of sulfonamides is 1. The predicted molar refractivity (Wildman–Crippen MR) is 155 cm³/mol. The van der Waals surface area contributed by atoms with Crippen molar-refractivity contribution in [2.75, 3.05) is 38.7 Å². The Bertz CT molecular complexity index is 1400. The van der Waals surface area contributed by atoms with Crippen molar-refractivity contribution < 1.29 is 17.5 Å². The van der Waals surface area contributed by atoms with Crippen LogP contribution in [0.3, 0.4) is 0 Å². The third-order valence-corrected chi connectivity index (χ3v) is 9.93. The second-order valence-corrected chi connectivity index (χ2v) is 13.1. The Morgan fingerprint density at radius 2 is 1.72 bits per heavy atom. The maximum Gasteiger partial charge on any atom is 0.245 e. The van der Waals surface area contributed by atoms with Gasteiger partial charge < -0.3 is 14.5 Å². The van der Waals surface area contributed by atoms with E-state index in [2.05, 4.69) is 30.7 Å². The van der Waals surface area contributed by atoms with Crippen LogP contribution in [0.1, 0.15) is 33.1 Å². The van der Waals surface area contributed by atoms with Gasteiger partial charge in [0.25, 0.3) is 0 Å². The number of rotatable bonds is 7. The molecule has 0 radical (unpaired) electrons. The van der Waals surface area contributed by atoms with Gasteiger partial charge in [0.2, 0.25) is 10.0 Å². The van der Waals surface area contributed by atoms with Crippen LogP contribution in [0.2, 0.25) is 0 Å². The van der Waals surface area contributed by atoms with Gasteiger partial charge in [-0.3, -0.25) is 0 Å². The maximum absolute atomic E-state index is 14.1. The monoisotopic (exact) mass is 551 g/mol. The molecule has 0 spiro atoms. The minimum Gasteiger partial charge on any atom is -0.491 e. The maximum atomic E-state index is 14.1. The lowest BCUT2D eigenvalue weighted by atomic mass is 10.0. The number of halogens is 1. The standard InChI is InChI=1S/C31H38FN3O3S/c1-22(2)17-27-20-35(25-9-6-5-7-10-25)29-19-30(38-21-26-11-8-16-33(26)3)28(23-12-14-24(32)15-13-23)18-31(29)39(36,37)34(27)4/h5-7,9-10,12-15,18-19,22,26-27H,8,11,16-17,20-21H2,1-4H3/t26?,27-/m1/s1. The quantitative estimate of drug-likeness (QED) is 0.352. The molecule has 2 atom stereocenters. The van der Waals surface area contributed by atoms with E-state index in [0.29, 0.717) is 47.7 Å². The normalized spacial score (nSPS) is 21.6. The summed E-state index contributed by atoms with van der Waals surface area (Å²) < 4.78 is 50.1. The summed E-state index contributed by atoms with van der Waals surface area (Å²) in [7, 11) is -0.0503. The van der Waals surface area contributed by atoms with Gasteiger partial charge in [0.1, 0.15) is 23.1 Å². The van der Waals surface area contributed by atoms with Crippen molar-refractivity contribution in [3.8, 4) is 16.9 Å². The molecule has 1 unspecified atom stereocenters. The van der Waals surface area contributed by atoms with Gasteiger partial charge in [-0.25, -0.2) is 12.8 Å². The molecule has 0 aliphatic carbocycles. The zero-order valence-electron chi connectivity index (χ0n) is 23.2. The molecule has 0 bridgehead atoms. The number of ether oxygens (including phenoxy) is 1. The van der Waals surface area contributed by atoms with E-state index in [0.717, 1.165) is 31.5 Å². The fourth-order valence-corrected chi connectivity index (χ4v) is 7.27. The molecule has 208 valence electrons. The van der Waals surface area contributed by atoms with Gasteiger partial charge in [-0.2, -0.15) is 4.31 Å². The van der Waals surface area contributed by atoms with E-state index in [1.807, 2.05) is 36.4 Å². The zero-order chi connectivity index (χ0) is 27.7. The molecule has 1 fully saturated rings. The molecular formula is C31H38FN3O3S. The minimum absolute atomic E-state index is 0.214. The van der Waals surface area contributed by atoms with Gasteiger partial charge >= 0.3 is 0 Å². The van der Waals surface area contributed by atoms with Crippen LogP contribution in [0.25, 0.3) is 11.1 Å². The van der Waals surface area contributed by atoms with E-state index in [-0.39, 0.29) is 16.8 Å². The van der Waals surface area contributed by atoms with E-state index < -0.39 is 10.0 Å². The number of likely N-dealkylation sites (tertiary alicyclic amines) is 1. The lowest BCUT2D eigenvalue weighted by Crippen LogP contribution is -2.41. The van der Waals surface area contributed by atoms with Crippen molar-refractivity contribution in [3.63, 3.8) is 0 Å². The van der Waals surface area contributed by atoms with Gasteiger partial charge in [-0.05, 0) is 74.7 Å². The number of likely N-dealkylation sites (N-methyl/N-ethyl adjacent to an activating group) is 2. The number of fused-ring (bicyclic) bond motifs is 1. The summed E-state index contributed by atoms with van der Waals surface area (Å²) in [6.45, 7) is 6.28. The number of para-hydroxylation sites is 1. The summed E-state index contributed by atoms with van der Waals surface area (Å²) in [5.41, 5.74) is 2.87. The highest BCUT2D eigenvalue weighted by atomic mass is 32.2. The summed E-state index contributed by atoms with van der Waals surface area (Å²) in [4.78, 5) is 4.63. The largest absolute Gasteiger partial charge is 0.491 e. The van der Waals surface area contributed by atoms with Crippen molar-refractivity contribution >= 4 is 21.4 Å². The van der Waals surface area contributed by atoms with Crippen molar-refractivity contribution in [1.82, 2.24) is 9.21 Å². The van der Waals surface area contributed by atoms with Gasteiger partial charge in [-0.1, -0.05) is 44.2 Å². The fraction of sp³-hybridized carbons (Fsp3) is 0.419. The number of benzene rings is 3. The Hall–Kier alpha value is -2.94. The molecule has 6 nitrogen and oxygen atoms in total. The summed E-state index contributed by atoms with van der Waals surface area (Å²) in [6.07, 6.45) is 2.91. The van der Waals surface area contributed by atoms with Crippen LogP contribution in [-0.4, -0.2) is 63.5 Å². The van der Waals surface area contributed by atoms with E-state index in [9.17, 15) is 12.8 Å². The highest BCUT2D eigenvalue weighted by Gasteiger charge is 2.38. The highest BCUT2D eigenvalue weighted by Crippen LogP contribution is 2.44. The minimum atomic E-state index is -3.83. The molecule has 0 amide bonds. The van der Waals surface area contributed by atoms with Crippen LogP contribution in [0.5, 0.6) is 5.75 Å². The van der Waals surface area contributed by atoms with Crippen molar-refractivity contribution in [3.05, 3.63) is 72.5 Å². The Morgan fingerprint density at radius 3 is 2.36 bits per heavy atom. The number of nitrogens with zero attached hydrogens (tertiary/aromatic N) is 3. The lowest BCUT2D eigenvalue weighted by Gasteiger charge is -2.30. The Labute approximate surface area is 232 Å². The molecule has 0 aromatic heterocycles. The molecule has 2 heterocycles. The lowest BCUT2D eigenvalue weighted by molar-refractivity contribution is 0.199. The van der Waals surface area contributed by atoms with Crippen LogP contribution in [0, 0.1) is 11.7 Å². The van der Waals surface area contributed by atoms with Crippen LogP contribution in [0.4, 0.5) is 15.8 Å². The van der Waals surface area contributed by atoms with Gasteiger partial charge in [0, 0.05) is 43.0 Å².